The fourth-order valence-corrected chi connectivity index (χ4v) is 6.54. The van der Waals surface area contributed by atoms with Gasteiger partial charge in [0.15, 0.2) is 0 Å². The molecule has 2 bridgehead atoms. The Morgan fingerprint density at radius 3 is 2.30 bits per heavy atom. The van der Waals surface area contributed by atoms with E-state index in [2.05, 4.69) is 17.5 Å². The number of hydrogen-bond acceptors (Lipinski definition) is 3. The van der Waals surface area contributed by atoms with Crippen LogP contribution in [0.15, 0.2) is 60.7 Å². The van der Waals surface area contributed by atoms with Gasteiger partial charge in [-0.15, -0.1) is 0 Å². The largest absolute Gasteiger partial charge is 0.324 e. The van der Waals surface area contributed by atoms with Crippen LogP contribution in [0.2, 0.25) is 5.02 Å². The quantitative estimate of drug-likeness (QED) is 0.535. The van der Waals surface area contributed by atoms with Gasteiger partial charge in [-0.25, -0.2) is 0 Å². The first-order valence-corrected chi connectivity index (χ1v) is 12.0. The molecule has 2 aromatic rings. The van der Waals surface area contributed by atoms with Crippen LogP contribution in [0.25, 0.3) is 0 Å². The minimum absolute atomic E-state index is 0.127. The molecule has 3 amide bonds. The molecule has 3 fully saturated rings. The van der Waals surface area contributed by atoms with Gasteiger partial charge in [-0.3, -0.25) is 19.3 Å². The van der Waals surface area contributed by atoms with Crippen LogP contribution >= 0.6 is 11.6 Å². The van der Waals surface area contributed by atoms with Crippen molar-refractivity contribution in [2.75, 3.05) is 5.32 Å². The van der Waals surface area contributed by atoms with Crippen LogP contribution in [-0.2, 0) is 20.8 Å². The van der Waals surface area contributed by atoms with E-state index >= 15 is 0 Å². The molecule has 168 valence electrons. The molecule has 4 aliphatic carbocycles. The fourth-order valence-electron chi connectivity index (χ4n) is 6.37. The van der Waals surface area contributed by atoms with E-state index in [-0.39, 0.29) is 47.8 Å². The van der Waals surface area contributed by atoms with Gasteiger partial charge in [0.1, 0.15) is 6.04 Å². The smallest absolute Gasteiger partial charge is 0.248 e. The molecule has 33 heavy (non-hydrogen) atoms. The van der Waals surface area contributed by atoms with Gasteiger partial charge in [-0.1, -0.05) is 60.2 Å². The van der Waals surface area contributed by atoms with Crippen LogP contribution in [0.4, 0.5) is 5.69 Å². The second-order valence-corrected chi connectivity index (χ2v) is 10.3. The third-order valence-corrected chi connectivity index (χ3v) is 8.28. The number of halogens is 1. The van der Waals surface area contributed by atoms with Crippen molar-refractivity contribution in [3.05, 3.63) is 76.8 Å². The van der Waals surface area contributed by atoms with E-state index < -0.39 is 6.04 Å². The fraction of sp³-hybridized carbons (Fsp3) is 0.370. The normalized spacial score (nSPS) is 31.9. The maximum absolute atomic E-state index is 13.7. The van der Waals surface area contributed by atoms with E-state index in [1.165, 1.54) is 4.90 Å². The zero-order chi connectivity index (χ0) is 22.9. The Morgan fingerprint density at radius 2 is 1.67 bits per heavy atom. The van der Waals surface area contributed by atoms with Gasteiger partial charge in [0, 0.05) is 17.1 Å². The Morgan fingerprint density at radius 1 is 1.03 bits per heavy atom. The summed E-state index contributed by atoms with van der Waals surface area (Å²) >= 11 is 6.15. The van der Waals surface area contributed by atoms with E-state index in [9.17, 15) is 14.4 Å². The van der Waals surface area contributed by atoms with Gasteiger partial charge in [-0.2, -0.15) is 0 Å². The number of allylic oxidation sites excluding steroid dienone is 2. The summed E-state index contributed by atoms with van der Waals surface area (Å²) in [6, 6.07) is 13.9. The number of rotatable bonds is 5. The molecule has 1 heterocycles. The molecule has 6 heteroatoms. The zero-order valence-electron chi connectivity index (χ0n) is 18.3. The van der Waals surface area contributed by atoms with Crippen LogP contribution in [0.1, 0.15) is 17.5 Å². The van der Waals surface area contributed by atoms with E-state index in [1.54, 1.807) is 12.1 Å². The van der Waals surface area contributed by atoms with E-state index in [4.69, 9.17) is 11.6 Å². The van der Waals surface area contributed by atoms with Crippen molar-refractivity contribution in [2.45, 2.75) is 25.8 Å². The molecule has 2 saturated carbocycles. The predicted molar refractivity (Wildman–Crippen MR) is 125 cm³/mol. The maximum Gasteiger partial charge on any atom is 0.248 e. The average Bonchev–Trinajstić information content (AvgIpc) is 3.59. The van der Waals surface area contributed by atoms with Gasteiger partial charge < -0.3 is 5.32 Å². The summed E-state index contributed by atoms with van der Waals surface area (Å²) in [5, 5.41) is 3.45. The summed E-state index contributed by atoms with van der Waals surface area (Å²) in [5.41, 5.74) is 2.35. The summed E-state index contributed by atoms with van der Waals surface area (Å²) in [6.07, 6.45) is 5.68. The topological polar surface area (TPSA) is 66.5 Å². The summed E-state index contributed by atoms with van der Waals surface area (Å²) in [4.78, 5) is 42.3. The number of anilines is 1. The Kier molecular flexibility index (Phi) is 4.73. The number of carbonyl (C=O) groups excluding carboxylic acids is 3. The van der Waals surface area contributed by atoms with Crippen LogP contribution in [-0.4, -0.2) is 28.7 Å². The molecule has 5 nitrogen and oxygen atoms in total. The molecule has 1 aliphatic heterocycles. The second kappa shape index (κ2) is 7.56. The van der Waals surface area contributed by atoms with Crippen molar-refractivity contribution in [2.24, 2.45) is 35.5 Å². The molecule has 0 unspecified atom stereocenters. The van der Waals surface area contributed by atoms with Gasteiger partial charge in [0.05, 0.1) is 11.8 Å². The first-order chi connectivity index (χ1) is 15.9. The lowest BCUT2D eigenvalue weighted by Crippen LogP contribution is -2.49. The van der Waals surface area contributed by atoms with Crippen molar-refractivity contribution in [1.29, 1.82) is 0 Å². The van der Waals surface area contributed by atoms with Crippen LogP contribution < -0.4 is 5.32 Å². The summed E-state index contributed by atoms with van der Waals surface area (Å²) < 4.78 is 0. The molecular weight excluding hydrogens is 436 g/mol. The Bertz CT molecular complexity index is 1160. The average molecular weight is 461 g/mol. The number of nitrogens with one attached hydrogen (secondary N) is 1. The SMILES string of the molecule is Cc1ccc(Cl)cc1NC(=O)[C@@H](Cc1ccccc1)N1C(=O)[C@@H]2[C@@H]3C=C[C@H]([C@H]4C[C@H]34)[C@@H]2C1=O. The van der Waals surface area contributed by atoms with Gasteiger partial charge in [0.25, 0.3) is 0 Å². The molecule has 0 aromatic heterocycles. The van der Waals surface area contributed by atoms with Crippen molar-refractivity contribution in [1.82, 2.24) is 4.90 Å². The van der Waals surface area contributed by atoms with Crippen molar-refractivity contribution in [3.63, 3.8) is 0 Å². The molecule has 0 spiro atoms. The van der Waals surface area contributed by atoms with Crippen LogP contribution in [0, 0.1) is 42.4 Å². The predicted octanol–water partition coefficient (Wildman–Crippen LogP) is 4.25. The lowest BCUT2D eigenvalue weighted by atomic mass is 9.63. The van der Waals surface area contributed by atoms with Gasteiger partial charge in [0.2, 0.25) is 17.7 Å². The van der Waals surface area contributed by atoms with Crippen molar-refractivity contribution < 1.29 is 14.4 Å². The Labute approximate surface area is 197 Å². The number of benzene rings is 2. The van der Waals surface area contributed by atoms with Gasteiger partial charge in [-0.05, 0) is 60.3 Å². The van der Waals surface area contributed by atoms with E-state index in [1.807, 2.05) is 43.3 Å². The lowest BCUT2D eigenvalue weighted by molar-refractivity contribution is -0.146. The number of nitrogens with zero attached hydrogens (tertiary/aromatic N) is 1. The second-order valence-electron chi connectivity index (χ2n) is 9.86. The molecule has 1 N–H and O–H groups in total. The minimum atomic E-state index is -0.910. The zero-order valence-corrected chi connectivity index (χ0v) is 19.0. The first kappa shape index (κ1) is 20.7. The van der Waals surface area contributed by atoms with Crippen LogP contribution in [0.3, 0.4) is 0 Å². The number of hydrogen-bond donors (Lipinski definition) is 1. The van der Waals surface area contributed by atoms with E-state index in [0.29, 0.717) is 22.5 Å². The number of carbonyl (C=O) groups is 3. The standard InChI is InChI=1S/C27H25ClN2O3/c1-14-7-8-16(28)12-21(14)29-25(31)22(11-15-5-3-2-4-6-15)30-26(32)23-17-9-10-18(20-13-19(17)20)24(23)27(30)33/h2-10,12,17-20,22-24H,11,13H2,1H3,(H,29,31)/t17-,18-,19-,20-,22-,23-,24+/m1/s1. The highest BCUT2D eigenvalue weighted by atomic mass is 35.5. The van der Waals surface area contributed by atoms with Crippen molar-refractivity contribution >= 4 is 35.0 Å². The van der Waals surface area contributed by atoms with Crippen molar-refractivity contribution in [3.8, 4) is 0 Å². The highest BCUT2D eigenvalue weighted by Crippen LogP contribution is 2.65. The minimum Gasteiger partial charge on any atom is -0.324 e. The maximum atomic E-state index is 13.7. The number of aryl methyl sites for hydroxylation is 1. The molecule has 7 atom stereocenters. The molecule has 1 saturated heterocycles. The van der Waals surface area contributed by atoms with Gasteiger partial charge >= 0.3 is 0 Å². The summed E-state index contributed by atoms with van der Waals surface area (Å²) in [5.74, 6) is -0.0891. The van der Waals surface area contributed by atoms with Crippen LogP contribution in [0.5, 0.6) is 0 Å². The third-order valence-electron chi connectivity index (χ3n) is 8.04. The summed E-state index contributed by atoms with van der Waals surface area (Å²) in [6.45, 7) is 1.88. The molecular formula is C27H25ClN2O3. The monoisotopic (exact) mass is 460 g/mol. The molecule has 7 rings (SSSR count). The lowest BCUT2D eigenvalue weighted by Gasteiger charge is -2.37. The molecule has 2 aromatic carbocycles. The Hall–Kier alpha value is -2.92. The highest BCUT2D eigenvalue weighted by molar-refractivity contribution is 6.31. The number of imide groups is 1. The Balaban J connectivity index is 1.34. The van der Waals surface area contributed by atoms with E-state index in [0.717, 1.165) is 17.5 Å². The molecule has 0 radical (unpaired) electrons. The number of likely N-dealkylation sites (tertiary alicyclic amines) is 1. The third kappa shape index (κ3) is 3.24. The summed E-state index contributed by atoms with van der Waals surface area (Å²) in [7, 11) is 0. The highest BCUT2D eigenvalue weighted by Gasteiger charge is 2.67. The first-order valence-electron chi connectivity index (χ1n) is 11.6. The number of amides is 3. The molecule has 5 aliphatic rings.